The molecule has 0 amide bonds. The Morgan fingerprint density at radius 3 is 2.67 bits per heavy atom. The zero-order valence-electron chi connectivity index (χ0n) is 8.10. The van der Waals surface area contributed by atoms with E-state index in [-0.39, 0.29) is 17.9 Å². The highest BCUT2D eigenvalue weighted by atomic mass is 19.4. The summed E-state index contributed by atoms with van der Waals surface area (Å²) >= 11 is 0. The Morgan fingerprint density at radius 1 is 1.53 bits per heavy atom. The molecule has 6 heteroatoms. The highest BCUT2D eigenvalue weighted by Crippen LogP contribution is 2.29. The first-order valence-electron chi connectivity index (χ1n) is 4.48. The topological polar surface area (TPSA) is 43.1 Å². The monoisotopic (exact) mass is 221 g/mol. The molecule has 0 unspecified atom stereocenters. The van der Waals surface area contributed by atoms with E-state index in [2.05, 4.69) is 9.68 Å². The van der Waals surface area contributed by atoms with Crippen LogP contribution in [0.2, 0.25) is 0 Å². The average molecular weight is 221 g/mol. The van der Waals surface area contributed by atoms with Gasteiger partial charge in [-0.1, -0.05) is 12.1 Å². The summed E-state index contributed by atoms with van der Waals surface area (Å²) in [7, 11) is 0. The second-order valence-electron chi connectivity index (χ2n) is 3.15. The molecule has 3 nitrogen and oxygen atoms in total. The van der Waals surface area contributed by atoms with Crippen molar-refractivity contribution in [3.8, 4) is 0 Å². The van der Waals surface area contributed by atoms with Crippen LogP contribution in [-0.2, 0) is 17.4 Å². The Bertz CT molecular complexity index is 343. The number of aromatic nitrogens is 1. The van der Waals surface area contributed by atoms with E-state index in [0.717, 1.165) is 6.07 Å². The van der Waals surface area contributed by atoms with Crippen LogP contribution in [0.25, 0.3) is 0 Å². The summed E-state index contributed by atoms with van der Waals surface area (Å²) in [5, 5.41) is 3.19. The fourth-order valence-corrected chi connectivity index (χ4v) is 1.10. The Labute approximate surface area is 84.2 Å². The minimum atomic E-state index is -4.54. The van der Waals surface area contributed by atoms with Crippen LogP contribution in [0.3, 0.4) is 0 Å². The summed E-state index contributed by atoms with van der Waals surface area (Å²) in [4.78, 5) is 11.1. The summed E-state index contributed by atoms with van der Waals surface area (Å²) in [6.07, 6.45) is -3.64. The van der Waals surface area contributed by atoms with Gasteiger partial charge in [0.1, 0.15) is 5.78 Å². The van der Waals surface area contributed by atoms with E-state index in [1.54, 1.807) is 0 Å². The lowest BCUT2D eigenvalue weighted by Crippen LogP contribution is -2.03. The first-order chi connectivity index (χ1) is 6.93. The number of hydrogen-bond acceptors (Lipinski definition) is 3. The van der Waals surface area contributed by atoms with Crippen molar-refractivity contribution in [1.29, 1.82) is 0 Å². The molecule has 0 radical (unpaired) electrons. The second-order valence-corrected chi connectivity index (χ2v) is 3.15. The fraction of sp³-hybridized carbons (Fsp3) is 0.556. The normalized spacial score (nSPS) is 11.7. The predicted molar refractivity (Wildman–Crippen MR) is 45.1 cm³/mol. The van der Waals surface area contributed by atoms with Crippen molar-refractivity contribution in [2.45, 2.75) is 32.4 Å². The number of carbonyl (C=O) groups excluding carboxylic acids is 1. The van der Waals surface area contributed by atoms with Crippen molar-refractivity contribution in [2.75, 3.05) is 0 Å². The molecule has 0 aliphatic carbocycles. The molecule has 1 rings (SSSR count). The maximum atomic E-state index is 12.1. The molecule has 1 aromatic rings. The average Bonchev–Trinajstić information content (AvgIpc) is 2.52. The molecule has 0 fully saturated rings. The van der Waals surface area contributed by atoms with Gasteiger partial charge in [-0.3, -0.25) is 4.79 Å². The molecule has 84 valence electrons. The second kappa shape index (κ2) is 4.46. The van der Waals surface area contributed by atoms with Gasteiger partial charge in [0, 0.05) is 12.5 Å². The van der Waals surface area contributed by atoms with Crippen molar-refractivity contribution >= 4 is 5.78 Å². The van der Waals surface area contributed by atoms with Crippen LogP contribution < -0.4 is 0 Å². The van der Waals surface area contributed by atoms with Crippen LogP contribution in [-0.4, -0.2) is 10.9 Å². The Balaban J connectivity index is 2.65. The summed E-state index contributed by atoms with van der Waals surface area (Å²) in [5.41, 5.74) is 0.0285. The van der Waals surface area contributed by atoms with Gasteiger partial charge in [-0.2, -0.15) is 13.2 Å². The summed E-state index contributed by atoms with van der Waals surface area (Å²) < 4.78 is 40.3. The quantitative estimate of drug-likeness (QED) is 0.784. The molecule has 0 bridgehead atoms. The van der Waals surface area contributed by atoms with E-state index in [9.17, 15) is 18.0 Å². The van der Waals surface area contributed by atoms with E-state index in [4.69, 9.17) is 0 Å². The highest BCUT2D eigenvalue weighted by Gasteiger charge is 2.36. The zero-order valence-corrected chi connectivity index (χ0v) is 8.10. The lowest BCUT2D eigenvalue weighted by molar-refractivity contribution is -0.155. The highest BCUT2D eigenvalue weighted by molar-refractivity contribution is 5.80. The summed E-state index contributed by atoms with van der Waals surface area (Å²) in [6, 6.07) is 0.757. The van der Waals surface area contributed by atoms with Crippen molar-refractivity contribution in [2.24, 2.45) is 0 Å². The Hall–Kier alpha value is -1.33. The van der Waals surface area contributed by atoms with Crippen molar-refractivity contribution in [3.05, 3.63) is 17.5 Å². The summed E-state index contributed by atoms with van der Waals surface area (Å²) in [5.74, 6) is -1.30. The molecular weight excluding hydrogens is 211 g/mol. The van der Waals surface area contributed by atoms with Gasteiger partial charge in [0.05, 0.1) is 12.1 Å². The van der Waals surface area contributed by atoms with Gasteiger partial charge < -0.3 is 4.52 Å². The van der Waals surface area contributed by atoms with Crippen LogP contribution in [0, 0.1) is 0 Å². The number of hydrogen-bond donors (Lipinski definition) is 0. The minimum Gasteiger partial charge on any atom is -0.351 e. The number of carbonyl (C=O) groups is 1. The molecule has 1 aromatic heterocycles. The van der Waals surface area contributed by atoms with Crippen molar-refractivity contribution in [3.63, 3.8) is 0 Å². The maximum absolute atomic E-state index is 12.1. The van der Waals surface area contributed by atoms with E-state index in [0.29, 0.717) is 12.8 Å². The molecule has 0 aromatic carbocycles. The molecule has 15 heavy (non-hydrogen) atoms. The van der Waals surface area contributed by atoms with Crippen LogP contribution >= 0.6 is 0 Å². The lowest BCUT2D eigenvalue weighted by atomic mass is 10.1. The fourth-order valence-electron chi connectivity index (χ4n) is 1.10. The molecule has 0 spiro atoms. The van der Waals surface area contributed by atoms with E-state index < -0.39 is 11.9 Å². The van der Waals surface area contributed by atoms with Gasteiger partial charge in [0.15, 0.2) is 0 Å². The van der Waals surface area contributed by atoms with Crippen LogP contribution in [0.4, 0.5) is 13.2 Å². The zero-order chi connectivity index (χ0) is 11.5. The van der Waals surface area contributed by atoms with Crippen LogP contribution in [0.5, 0.6) is 0 Å². The van der Waals surface area contributed by atoms with Gasteiger partial charge in [-0.15, -0.1) is 0 Å². The number of halogens is 3. The van der Waals surface area contributed by atoms with Gasteiger partial charge in [0.2, 0.25) is 5.76 Å². The molecule has 0 saturated heterocycles. The number of ketones is 1. The van der Waals surface area contributed by atoms with E-state index >= 15 is 0 Å². The van der Waals surface area contributed by atoms with Gasteiger partial charge in [-0.25, -0.2) is 0 Å². The Kier molecular flexibility index (Phi) is 3.49. The van der Waals surface area contributed by atoms with Gasteiger partial charge in [0.25, 0.3) is 0 Å². The largest absolute Gasteiger partial charge is 0.452 e. The third-order valence-corrected chi connectivity index (χ3v) is 1.75. The van der Waals surface area contributed by atoms with Gasteiger partial charge in [-0.05, 0) is 6.42 Å². The first-order valence-corrected chi connectivity index (χ1v) is 4.48. The molecule has 0 N–H and O–H groups in total. The maximum Gasteiger partial charge on any atom is 0.452 e. The van der Waals surface area contributed by atoms with Crippen LogP contribution in [0.1, 0.15) is 31.2 Å². The first kappa shape index (κ1) is 11.7. The summed E-state index contributed by atoms with van der Waals surface area (Å²) in [6.45, 7) is 1.82. The van der Waals surface area contributed by atoms with Gasteiger partial charge >= 0.3 is 6.18 Å². The minimum absolute atomic E-state index is 0.0285. The smallest absolute Gasteiger partial charge is 0.351 e. The van der Waals surface area contributed by atoms with E-state index in [1.807, 2.05) is 6.92 Å². The molecule has 0 aliphatic rings. The lowest BCUT2D eigenvalue weighted by Gasteiger charge is -1.97. The van der Waals surface area contributed by atoms with E-state index in [1.165, 1.54) is 0 Å². The third kappa shape index (κ3) is 3.38. The molecule has 0 saturated carbocycles. The molecule has 0 atom stereocenters. The number of Topliss-reactive ketones (excluding diaryl/α,β-unsaturated/α-hetero) is 1. The van der Waals surface area contributed by atoms with Crippen LogP contribution in [0.15, 0.2) is 10.6 Å². The molecule has 0 aliphatic heterocycles. The standard InChI is InChI=1S/C9H10F3NO2/c1-2-3-7(14)4-6-5-8(15-13-6)9(10,11)12/h5H,2-4H2,1H3. The molecular formula is C9H10F3NO2. The number of alkyl halides is 3. The number of nitrogens with zero attached hydrogens (tertiary/aromatic N) is 1. The predicted octanol–water partition coefficient (Wildman–Crippen LogP) is 2.61. The van der Waals surface area contributed by atoms with Crippen molar-refractivity contribution < 1.29 is 22.5 Å². The molecule has 1 heterocycles. The third-order valence-electron chi connectivity index (χ3n) is 1.75. The Morgan fingerprint density at radius 2 is 2.20 bits per heavy atom. The van der Waals surface area contributed by atoms with Crippen molar-refractivity contribution in [1.82, 2.24) is 5.16 Å². The number of rotatable bonds is 4. The SMILES string of the molecule is CCCC(=O)Cc1cc(C(F)(F)F)on1.